The molecule has 0 heterocycles. The maximum atomic E-state index is 9.87. The van der Waals surface area contributed by atoms with Crippen LogP contribution < -0.4 is 10.1 Å². The number of hydrogen-bond acceptors (Lipinski definition) is 4. The lowest BCUT2D eigenvalue weighted by Gasteiger charge is -2.11. The van der Waals surface area contributed by atoms with Crippen molar-refractivity contribution in [1.29, 1.82) is 0 Å². The topological polar surface area (TPSA) is 41.5 Å². The Morgan fingerprint density at radius 1 is 1.47 bits per heavy atom. The van der Waals surface area contributed by atoms with Gasteiger partial charge in [-0.05, 0) is 25.3 Å². The molecule has 17 heavy (non-hydrogen) atoms. The molecule has 0 bridgehead atoms. The Morgan fingerprint density at radius 2 is 2.24 bits per heavy atom. The third kappa shape index (κ3) is 4.48. The van der Waals surface area contributed by atoms with Crippen molar-refractivity contribution in [2.75, 3.05) is 19.9 Å². The van der Waals surface area contributed by atoms with Crippen LogP contribution in [-0.2, 0) is 6.54 Å². The zero-order chi connectivity index (χ0) is 12.7. The lowest BCUT2D eigenvalue weighted by atomic mass is 10.2. The molecule has 1 rings (SSSR count). The van der Waals surface area contributed by atoms with Crippen molar-refractivity contribution in [3.05, 3.63) is 23.8 Å². The monoisotopic (exact) mass is 255 g/mol. The number of nitrogens with one attached hydrogen (secondary N) is 1. The highest BCUT2D eigenvalue weighted by atomic mass is 32.2. The first-order valence-corrected chi connectivity index (χ1v) is 7.06. The van der Waals surface area contributed by atoms with Gasteiger partial charge in [0.05, 0.1) is 7.11 Å². The van der Waals surface area contributed by atoms with Crippen molar-refractivity contribution < 1.29 is 9.84 Å². The van der Waals surface area contributed by atoms with E-state index in [0.717, 1.165) is 18.5 Å². The minimum Gasteiger partial charge on any atom is -0.504 e. The Morgan fingerprint density at radius 3 is 2.88 bits per heavy atom. The highest BCUT2D eigenvalue weighted by Crippen LogP contribution is 2.29. The van der Waals surface area contributed by atoms with Gasteiger partial charge < -0.3 is 15.2 Å². The zero-order valence-corrected chi connectivity index (χ0v) is 11.5. The molecule has 0 aliphatic heterocycles. The average molecular weight is 255 g/mol. The molecule has 96 valence electrons. The van der Waals surface area contributed by atoms with E-state index in [9.17, 15) is 5.11 Å². The second-order valence-corrected chi connectivity index (χ2v) is 5.26. The molecule has 0 aliphatic carbocycles. The Labute approximate surface area is 108 Å². The normalized spacial score (nSPS) is 12.4. The molecule has 0 fully saturated rings. The second kappa shape index (κ2) is 7.45. The number of phenolic OH excluding ortho intramolecular Hbond substituents is 1. The van der Waals surface area contributed by atoms with E-state index < -0.39 is 0 Å². The van der Waals surface area contributed by atoms with Gasteiger partial charge in [0.2, 0.25) is 0 Å². The van der Waals surface area contributed by atoms with Crippen LogP contribution in [0.25, 0.3) is 0 Å². The van der Waals surface area contributed by atoms with Crippen molar-refractivity contribution in [3.63, 3.8) is 0 Å². The first kappa shape index (κ1) is 14.2. The fraction of sp³-hybridized carbons (Fsp3) is 0.538. The third-order valence-corrected chi connectivity index (χ3v) is 3.79. The predicted molar refractivity (Wildman–Crippen MR) is 74.0 cm³/mol. The lowest BCUT2D eigenvalue weighted by molar-refractivity contribution is 0.369. The Kier molecular flexibility index (Phi) is 6.22. The standard InChI is InChI=1S/C13H21NO2S/c1-10(17-3)7-8-14-9-11-5-4-6-12(16-2)13(11)15/h4-6,10,14-15H,7-9H2,1-3H3. The van der Waals surface area contributed by atoms with E-state index in [4.69, 9.17) is 4.74 Å². The summed E-state index contributed by atoms with van der Waals surface area (Å²) in [6, 6.07) is 5.55. The smallest absolute Gasteiger partial charge is 0.162 e. The van der Waals surface area contributed by atoms with Gasteiger partial charge in [0.25, 0.3) is 0 Å². The molecule has 2 N–H and O–H groups in total. The van der Waals surface area contributed by atoms with Gasteiger partial charge in [-0.2, -0.15) is 11.8 Å². The quantitative estimate of drug-likeness (QED) is 0.735. The number of aromatic hydroxyl groups is 1. The van der Waals surface area contributed by atoms with Gasteiger partial charge in [-0.25, -0.2) is 0 Å². The molecule has 0 spiro atoms. The minimum atomic E-state index is 0.236. The molecular formula is C13H21NO2S. The highest BCUT2D eigenvalue weighted by Gasteiger charge is 2.06. The molecule has 0 aliphatic rings. The van der Waals surface area contributed by atoms with E-state index in [1.807, 2.05) is 23.9 Å². The number of benzene rings is 1. The number of rotatable bonds is 7. The molecule has 1 aromatic carbocycles. The fourth-order valence-electron chi connectivity index (χ4n) is 1.52. The van der Waals surface area contributed by atoms with Crippen molar-refractivity contribution in [1.82, 2.24) is 5.32 Å². The zero-order valence-electron chi connectivity index (χ0n) is 10.7. The number of ether oxygens (including phenoxy) is 1. The Hall–Kier alpha value is -0.870. The van der Waals surface area contributed by atoms with Gasteiger partial charge in [-0.3, -0.25) is 0 Å². The number of para-hydroxylation sites is 1. The number of thioether (sulfide) groups is 1. The molecule has 4 heteroatoms. The van der Waals surface area contributed by atoms with Crippen molar-refractivity contribution in [2.24, 2.45) is 0 Å². The fourth-order valence-corrected chi connectivity index (χ4v) is 1.87. The maximum Gasteiger partial charge on any atom is 0.162 e. The molecular weight excluding hydrogens is 234 g/mol. The van der Waals surface area contributed by atoms with Gasteiger partial charge in [0.1, 0.15) is 0 Å². The van der Waals surface area contributed by atoms with Crippen LogP contribution in [0.1, 0.15) is 18.9 Å². The van der Waals surface area contributed by atoms with Crippen LogP contribution in [0.2, 0.25) is 0 Å². The third-order valence-electron chi connectivity index (χ3n) is 2.75. The van der Waals surface area contributed by atoms with Gasteiger partial charge in [0.15, 0.2) is 11.5 Å². The largest absolute Gasteiger partial charge is 0.504 e. The molecule has 1 unspecified atom stereocenters. The summed E-state index contributed by atoms with van der Waals surface area (Å²) in [6.45, 7) is 3.85. The number of phenols is 1. The highest BCUT2D eigenvalue weighted by molar-refractivity contribution is 7.99. The van der Waals surface area contributed by atoms with E-state index in [0.29, 0.717) is 17.5 Å². The summed E-state index contributed by atoms with van der Waals surface area (Å²) in [5.74, 6) is 0.766. The van der Waals surface area contributed by atoms with Crippen LogP contribution in [0.5, 0.6) is 11.5 Å². The minimum absolute atomic E-state index is 0.236. The SMILES string of the molecule is COc1cccc(CNCCC(C)SC)c1O. The number of hydrogen-bond donors (Lipinski definition) is 2. The lowest BCUT2D eigenvalue weighted by Crippen LogP contribution is -2.17. The first-order valence-electron chi connectivity index (χ1n) is 5.77. The molecule has 0 saturated carbocycles. The van der Waals surface area contributed by atoms with Crippen LogP contribution >= 0.6 is 11.8 Å². The molecule has 0 aromatic heterocycles. The second-order valence-electron chi connectivity index (χ2n) is 3.98. The van der Waals surface area contributed by atoms with E-state index in [1.165, 1.54) is 0 Å². The first-order chi connectivity index (χ1) is 8.19. The molecule has 1 atom stereocenters. The van der Waals surface area contributed by atoms with Crippen LogP contribution in [0.4, 0.5) is 0 Å². The summed E-state index contributed by atoms with van der Waals surface area (Å²) in [6.07, 6.45) is 3.25. The summed E-state index contributed by atoms with van der Waals surface area (Å²) in [5.41, 5.74) is 0.876. The molecule has 0 saturated heterocycles. The van der Waals surface area contributed by atoms with E-state index >= 15 is 0 Å². The summed E-state index contributed by atoms with van der Waals surface area (Å²) in [5, 5.41) is 13.9. The van der Waals surface area contributed by atoms with Crippen LogP contribution in [-0.4, -0.2) is 30.3 Å². The molecule has 0 radical (unpaired) electrons. The van der Waals surface area contributed by atoms with E-state index in [1.54, 1.807) is 13.2 Å². The van der Waals surface area contributed by atoms with E-state index in [-0.39, 0.29) is 5.75 Å². The average Bonchev–Trinajstić information content (AvgIpc) is 2.36. The van der Waals surface area contributed by atoms with Crippen LogP contribution in [0, 0.1) is 0 Å². The summed E-state index contributed by atoms with van der Waals surface area (Å²) in [7, 11) is 1.56. The van der Waals surface area contributed by atoms with Gasteiger partial charge >= 0.3 is 0 Å². The Bertz CT molecular complexity index is 344. The maximum absolute atomic E-state index is 9.87. The summed E-state index contributed by atoms with van der Waals surface area (Å²) in [4.78, 5) is 0. The van der Waals surface area contributed by atoms with Crippen molar-refractivity contribution in [3.8, 4) is 11.5 Å². The number of methoxy groups -OCH3 is 1. The summed E-state index contributed by atoms with van der Waals surface area (Å²) >= 11 is 1.87. The van der Waals surface area contributed by atoms with Gasteiger partial charge in [-0.1, -0.05) is 19.1 Å². The van der Waals surface area contributed by atoms with Crippen molar-refractivity contribution >= 4 is 11.8 Å². The molecule has 0 amide bonds. The summed E-state index contributed by atoms with van der Waals surface area (Å²) < 4.78 is 5.07. The van der Waals surface area contributed by atoms with Crippen LogP contribution in [0.3, 0.4) is 0 Å². The van der Waals surface area contributed by atoms with Crippen molar-refractivity contribution in [2.45, 2.75) is 25.1 Å². The van der Waals surface area contributed by atoms with Gasteiger partial charge in [0, 0.05) is 17.4 Å². The molecule has 1 aromatic rings. The molecule has 3 nitrogen and oxygen atoms in total. The Balaban J connectivity index is 2.41. The van der Waals surface area contributed by atoms with E-state index in [2.05, 4.69) is 18.5 Å². The van der Waals surface area contributed by atoms with Crippen LogP contribution in [0.15, 0.2) is 18.2 Å². The predicted octanol–water partition coefficient (Wildman–Crippen LogP) is 2.63. The van der Waals surface area contributed by atoms with Gasteiger partial charge in [-0.15, -0.1) is 0 Å².